The third-order valence-corrected chi connectivity index (χ3v) is 5.67. The van der Waals surface area contributed by atoms with Gasteiger partial charge in [-0.25, -0.2) is 18.1 Å². The minimum absolute atomic E-state index is 0.0681. The van der Waals surface area contributed by atoms with Crippen molar-refractivity contribution in [1.29, 1.82) is 0 Å². The second kappa shape index (κ2) is 5.05. The molecule has 2 fully saturated rings. The molecule has 0 radical (unpaired) electrons. The molecular formula is C12H18N4O2S. The molecule has 0 bridgehead atoms. The Morgan fingerprint density at radius 1 is 1.16 bits per heavy atom. The summed E-state index contributed by atoms with van der Waals surface area (Å²) in [6.45, 7) is 1.63. The van der Waals surface area contributed by atoms with Gasteiger partial charge in [0.25, 0.3) is 0 Å². The van der Waals surface area contributed by atoms with Crippen LogP contribution in [0.1, 0.15) is 25.7 Å². The number of aromatic nitrogens is 2. The highest BCUT2D eigenvalue weighted by molar-refractivity contribution is 7.90. The Bertz CT molecular complexity index is 522. The van der Waals surface area contributed by atoms with E-state index >= 15 is 0 Å². The van der Waals surface area contributed by atoms with Crippen LogP contribution in [0.4, 0.5) is 5.82 Å². The van der Waals surface area contributed by atoms with Gasteiger partial charge in [-0.2, -0.15) is 0 Å². The van der Waals surface area contributed by atoms with Gasteiger partial charge in [-0.15, -0.1) is 0 Å². The molecule has 2 heterocycles. The summed E-state index contributed by atoms with van der Waals surface area (Å²) in [4.78, 5) is 10.5. The summed E-state index contributed by atoms with van der Waals surface area (Å²) >= 11 is 0. The molecule has 0 spiro atoms. The fourth-order valence-corrected chi connectivity index (χ4v) is 4.04. The van der Waals surface area contributed by atoms with Crippen LogP contribution in [0.15, 0.2) is 18.6 Å². The van der Waals surface area contributed by atoms with Gasteiger partial charge in [0.15, 0.2) is 0 Å². The Kier molecular flexibility index (Phi) is 3.40. The van der Waals surface area contributed by atoms with E-state index in [1.165, 1.54) is 0 Å². The highest BCUT2D eigenvalue weighted by Crippen LogP contribution is 2.28. The van der Waals surface area contributed by atoms with E-state index in [1.54, 1.807) is 18.6 Å². The summed E-state index contributed by atoms with van der Waals surface area (Å²) in [7, 11) is -3.07. The van der Waals surface area contributed by atoms with Crippen LogP contribution in [0, 0.1) is 0 Å². The SMILES string of the molecule is O=S(=O)(NC1CCN(c2cnccn2)CC1)C1CC1. The molecule has 1 aromatic heterocycles. The van der Waals surface area contributed by atoms with Crippen molar-refractivity contribution in [3.05, 3.63) is 18.6 Å². The quantitative estimate of drug-likeness (QED) is 0.871. The van der Waals surface area contributed by atoms with Crippen molar-refractivity contribution in [3.63, 3.8) is 0 Å². The number of sulfonamides is 1. The van der Waals surface area contributed by atoms with Crippen molar-refractivity contribution in [1.82, 2.24) is 14.7 Å². The number of anilines is 1. The average molecular weight is 282 g/mol. The van der Waals surface area contributed by atoms with Gasteiger partial charge < -0.3 is 4.90 Å². The molecule has 1 saturated carbocycles. The molecule has 3 rings (SSSR count). The van der Waals surface area contributed by atoms with Crippen LogP contribution in [0.25, 0.3) is 0 Å². The van der Waals surface area contributed by atoms with Gasteiger partial charge >= 0.3 is 0 Å². The molecule has 1 aliphatic carbocycles. The Morgan fingerprint density at radius 2 is 1.89 bits per heavy atom. The maximum absolute atomic E-state index is 11.9. The third-order valence-electron chi connectivity index (χ3n) is 3.66. The first-order valence-corrected chi connectivity index (χ1v) is 8.22. The normalized spacial score (nSPS) is 21.6. The van der Waals surface area contributed by atoms with Gasteiger partial charge in [-0.05, 0) is 25.7 Å². The standard InChI is InChI=1S/C12H18N4O2S/c17-19(18,11-1-2-11)15-10-3-7-16(8-4-10)12-9-13-5-6-14-12/h5-6,9-11,15H,1-4,7-8H2. The summed E-state index contributed by atoms with van der Waals surface area (Å²) in [6.07, 6.45) is 8.35. The van der Waals surface area contributed by atoms with Gasteiger partial charge in [0, 0.05) is 31.5 Å². The predicted molar refractivity (Wildman–Crippen MR) is 72.3 cm³/mol. The molecule has 6 nitrogen and oxygen atoms in total. The molecule has 1 saturated heterocycles. The van der Waals surface area contributed by atoms with E-state index in [1.807, 2.05) is 0 Å². The molecular weight excluding hydrogens is 264 g/mol. The highest BCUT2D eigenvalue weighted by atomic mass is 32.2. The van der Waals surface area contributed by atoms with Crippen molar-refractivity contribution in [2.75, 3.05) is 18.0 Å². The fourth-order valence-electron chi connectivity index (χ4n) is 2.39. The van der Waals surface area contributed by atoms with Crippen LogP contribution in [0.3, 0.4) is 0 Å². The zero-order valence-corrected chi connectivity index (χ0v) is 11.5. The number of piperidine rings is 1. The van der Waals surface area contributed by atoms with Crippen LogP contribution in [-0.2, 0) is 10.0 Å². The monoisotopic (exact) mass is 282 g/mol. The molecule has 1 aliphatic heterocycles. The number of nitrogens with zero attached hydrogens (tertiary/aromatic N) is 3. The van der Waals surface area contributed by atoms with Crippen molar-refractivity contribution >= 4 is 15.8 Å². The maximum Gasteiger partial charge on any atom is 0.214 e. The lowest BCUT2D eigenvalue weighted by molar-refractivity contribution is 0.458. The molecule has 1 aromatic rings. The van der Waals surface area contributed by atoms with Crippen LogP contribution in [0.2, 0.25) is 0 Å². The van der Waals surface area contributed by atoms with Gasteiger partial charge in [0.1, 0.15) is 5.82 Å². The molecule has 0 amide bonds. The Morgan fingerprint density at radius 3 is 2.47 bits per heavy atom. The second-order valence-electron chi connectivity index (χ2n) is 5.19. The van der Waals surface area contributed by atoms with Crippen molar-refractivity contribution in [3.8, 4) is 0 Å². The molecule has 19 heavy (non-hydrogen) atoms. The maximum atomic E-state index is 11.9. The van der Waals surface area contributed by atoms with E-state index in [0.29, 0.717) is 0 Å². The summed E-state index contributed by atoms with van der Waals surface area (Å²) in [5, 5.41) is -0.134. The lowest BCUT2D eigenvalue weighted by Crippen LogP contribution is -2.45. The Balaban J connectivity index is 1.55. The smallest absolute Gasteiger partial charge is 0.214 e. The zero-order valence-electron chi connectivity index (χ0n) is 10.7. The molecule has 1 N–H and O–H groups in total. The topological polar surface area (TPSA) is 75.2 Å². The molecule has 0 unspecified atom stereocenters. The van der Waals surface area contributed by atoms with Gasteiger partial charge in [-0.1, -0.05) is 0 Å². The number of nitrogens with one attached hydrogen (secondary N) is 1. The lowest BCUT2D eigenvalue weighted by atomic mass is 10.1. The fraction of sp³-hybridized carbons (Fsp3) is 0.667. The van der Waals surface area contributed by atoms with E-state index in [0.717, 1.165) is 44.6 Å². The van der Waals surface area contributed by atoms with Crippen LogP contribution >= 0.6 is 0 Å². The number of rotatable bonds is 4. The first kappa shape index (κ1) is 12.8. The first-order chi connectivity index (χ1) is 9.15. The predicted octanol–water partition coefficient (Wildman–Crippen LogP) is 0.527. The van der Waals surface area contributed by atoms with Gasteiger partial charge in [-0.3, -0.25) is 4.98 Å². The minimum atomic E-state index is -3.07. The van der Waals surface area contributed by atoms with E-state index < -0.39 is 10.0 Å². The van der Waals surface area contributed by atoms with Crippen molar-refractivity contribution in [2.45, 2.75) is 37.0 Å². The number of hydrogen-bond donors (Lipinski definition) is 1. The Hall–Kier alpha value is -1.21. The molecule has 0 aromatic carbocycles. The summed E-state index contributed by atoms with van der Waals surface area (Å²) in [6, 6.07) is 0.0681. The van der Waals surface area contributed by atoms with Crippen LogP contribution < -0.4 is 9.62 Å². The van der Waals surface area contributed by atoms with E-state index in [2.05, 4.69) is 19.6 Å². The van der Waals surface area contributed by atoms with Crippen LogP contribution in [0.5, 0.6) is 0 Å². The second-order valence-corrected chi connectivity index (χ2v) is 7.18. The van der Waals surface area contributed by atoms with Crippen LogP contribution in [-0.4, -0.2) is 42.8 Å². The van der Waals surface area contributed by atoms with Gasteiger partial charge in [0.2, 0.25) is 10.0 Å². The van der Waals surface area contributed by atoms with E-state index in [9.17, 15) is 8.42 Å². The molecule has 7 heteroatoms. The van der Waals surface area contributed by atoms with Gasteiger partial charge in [0.05, 0.1) is 11.4 Å². The van der Waals surface area contributed by atoms with E-state index in [-0.39, 0.29) is 11.3 Å². The molecule has 0 atom stereocenters. The largest absolute Gasteiger partial charge is 0.355 e. The Labute approximate surface area is 113 Å². The summed E-state index contributed by atoms with van der Waals surface area (Å²) < 4.78 is 26.6. The minimum Gasteiger partial charge on any atom is -0.355 e. The van der Waals surface area contributed by atoms with E-state index in [4.69, 9.17) is 0 Å². The molecule has 2 aliphatic rings. The zero-order chi connectivity index (χ0) is 13.3. The number of hydrogen-bond acceptors (Lipinski definition) is 5. The van der Waals surface area contributed by atoms with Crippen molar-refractivity contribution < 1.29 is 8.42 Å². The third kappa shape index (κ3) is 3.03. The van der Waals surface area contributed by atoms with Crippen molar-refractivity contribution in [2.24, 2.45) is 0 Å². The summed E-state index contributed by atoms with van der Waals surface area (Å²) in [5.41, 5.74) is 0. The average Bonchev–Trinajstić information content (AvgIpc) is 3.25. The molecule has 104 valence electrons. The summed E-state index contributed by atoms with van der Waals surface area (Å²) in [5.74, 6) is 0.867. The lowest BCUT2D eigenvalue weighted by Gasteiger charge is -2.32. The highest BCUT2D eigenvalue weighted by Gasteiger charge is 2.37. The first-order valence-electron chi connectivity index (χ1n) is 6.67.